The first-order valence-electron chi connectivity index (χ1n) is 11.2. The van der Waals surface area contributed by atoms with Crippen LogP contribution in [0, 0.1) is 12.7 Å². The van der Waals surface area contributed by atoms with Crippen molar-refractivity contribution >= 4 is 34.4 Å². The molecule has 1 aliphatic rings. The van der Waals surface area contributed by atoms with E-state index in [4.69, 9.17) is 0 Å². The Labute approximate surface area is 191 Å². The minimum absolute atomic E-state index is 0.0545. The normalized spacial score (nSPS) is 14.3. The molecule has 1 fully saturated rings. The topological polar surface area (TPSA) is 84.3 Å². The van der Waals surface area contributed by atoms with E-state index in [1.807, 2.05) is 0 Å². The molecule has 33 heavy (non-hydrogen) atoms. The van der Waals surface area contributed by atoms with Crippen molar-refractivity contribution in [3.63, 3.8) is 0 Å². The number of fused-ring (bicyclic) bond motifs is 1. The highest BCUT2D eigenvalue weighted by molar-refractivity contribution is 5.94. The molecule has 1 aliphatic carbocycles. The Morgan fingerprint density at radius 2 is 1.88 bits per heavy atom. The average Bonchev–Trinajstić information content (AvgIpc) is 2.79. The van der Waals surface area contributed by atoms with Crippen LogP contribution in [-0.4, -0.2) is 27.4 Å². The third-order valence-electron chi connectivity index (χ3n) is 6.11. The van der Waals surface area contributed by atoms with E-state index in [0.29, 0.717) is 22.3 Å². The summed E-state index contributed by atoms with van der Waals surface area (Å²) >= 11 is 0. The lowest BCUT2D eigenvalue weighted by Gasteiger charge is -2.32. The molecule has 1 N–H and O–H groups in total. The molecule has 1 aromatic heterocycles. The second kappa shape index (κ2) is 9.52. The van der Waals surface area contributed by atoms with Gasteiger partial charge in [0.25, 0.3) is 5.56 Å². The first kappa shape index (κ1) is 22.6. The first-order valence-corrected chi connectivity index (χ1v) is 11.2. The Morgan fingerprint density at radius 1 is 1.15 bits per heavy atom. The maximum atomic E-state index is 13.5. The summed E-state index contributed by atoms with van der Waals surface area (Å²) in [5.41, 5.74) is 1.60. The van der Waals surface area contributed by atoms with Crippen molar-refractivity contribution < 1.29 is 14.0 Å². The Balaban J connectivity index is 1.74. The van der Waals surface area contributed by atoms with Crippen LogP contribution in [0.25, 0.3) is 11.0 Å². The average molecular weight is 451 g/mol. The number of nitrogens with one attached hydrogen (secondary N) is 1. The summed E-state index contributed by atoms with van der Waals surface area (Å²) in [5, 5.41) is 2.75. The molecule has 7 nitrogen and oxygen atoms in total. The van der Waals surface area contributed by atoms with Gasteiger partial charge in [-0.3, -0.25) is 23.9 Å². The number of carbonyl (C=O) groups is 2. The predicted octanol–water partition coefficient (Wildman–Crippen LogP) is 4.17. The number of aromatic nitrogens is 2. The SMILES string of the molecule is CC(=O)N(c1nc2ccccc2n(CC(=O)Nc2ccc(F)cc2C)c1=O)C1CCCCC1. The van der Waals surface area contributed by atoms with Gasteiger partial charge < -0.3 is 5.32 Å². The van der Waals surface area contributed by atoms with Crippen molar-refractivity contribution in [3.05, 3.63) is 64.2 Å². The molecule has 0 radical (unpaired) electrons. The molecule has 0 atom stereocenters. The quantitative estimate of drug-likeness (QED) is 0.632. The number of carbonyl (C=O) groups excluding carboxylic acids is 2. The molecule has 0 saturated heterocycles. The molecule has 2 aromatic carbocycles. The van der Waals surface area contributed by atoms with Gasteiger partial charge in [0, 0.05) is 18.7 Å². The molecule has 172 valence electrons. The summed E-state index contributed by atoms with van der Waals surface area (Å²) in [5.74, 6) is -1.00. The van der Waals surface area contributed by atoms with Crippen molar-refractivity contribution in [3.8, 4) is 0 Å². The lowest BCUT2D eigenvalue weighted by Crippen LogP contribution is -2.45. The fraction of sp³-hybridized carbons (Fsp3) is 0.360. The van der Waals surface area contributed by atoms with Crippen LogP contribution < -0.4 is 15.8 Å². The Kier molecular flexibility index (Phi) is 6.53. The number of amides is 2. The molecule has 4 rings (SSSR count). The fourth-order valence-corrected chi connectivity index (χ4v) is 4.51. The van der Waals surface area contributed by atoms with Crippen molar-refractivity contribution in [2.45, 2.75) is 58.5 Å². The van der Waals surface area contributed by atoms with Gasteiger partial charge in [-0.2, -0.15) is 0 Å². The van der Waals surface area contributed by atoms with Crippen LogP contribution in [0.15, 0.2) is 47.3 Å². The van der Waals surface area contributed by atoms with E-state index in [1.54, 1.807) is 31.2 Å². The highest BCUT2D eigenvalue weighted by Gasteiger charge is 2.29. The summed E-state index contributed by atoms with van der Waals surface area (Å²) < 4.78 is 14.8. The number of aryl methyl sites for hydroxylation is 1. The van der Waals surface area contributed by atoms with E-state index < -0.39 is 17.3 Å². The third kappa shape index (κ3) is 4.79. The zero-order valence-electron chi connectivity index (χ0n) is 18.8. The molecule has 0 aliphatic heterocycles. The van der Waals surface area contributed by atoms with Crippen molar-refractivity contribution in [2.24, 2.45) is 0 Å². The predicted molar refractivity (Wildman–Crippen MR) is 126 cm³/mol. The van der Waals surface area contributed by atoms with E-state index >= 15 is 0 Å². The lowest BCUT2D eigenvalue weighted by molar-refractivity contribution is -0.117. The van der Waals surface area contributed by atoms with E-state index in [2.05, 4.69) is 10.3 Å². The minimum atomic E-state index is -0.486. The maximum absolute atomic E-state index is 13.5. The van der Waals surface area contributed by atoms with Gasteiger partial charge in [0.1, 0.15) is 12.4 Å². The molecule has 0 spiro atoms. The van der Waals surface area contributed by atoms with Gasteiger partial charge in [-0.1, -0.05) is 31.4 Å². The van der Waals surface area contributed by atoms with Gasteiger partial charge in [-0.05, 0) is 55.7 Å². The van der Waals surface area contributed by atoms with Crippen molar-refractivity contribution in [1.29, 1.82) is 0 Å². The molecule has 2 amide bonds. The van der Waals surface area contributed by atoms with Crippen LogP contribution in [0.1, 0.15) is 44.6 Å². The van der Waals surface area contributed by atoms with Gasteiger partial charge in [-0.25, -0.2) is 9.37 Å². The van der Waals surface area contributed by atoms with Crippen LogP contribution in [0.5, 0.6) is 0 Å². The van der Waals surface area contributed by atoms with Gasteiger partial charge in [0.15, 0.2) is 0 Å². The first-order chi connectivity index (χ1) is 15.8. The largest absolute Gasteiger partial charge is 0.324 e. The molecule has 1 saturated carbocycles. The molecule has 0 unspecified atom stereocenters. The van der Waals surface area contributed by atoms with Crippen molar-refractivity contribution in [1.82, 2.24) is 9.55 Å². The van der Waals surface area contributed by atoms with Crippen LogP contribution in [0.2, 0.25) is 0 Å². The van der Waals surface area contributed by atoms with E-state index in [-0.39, 0.29) is 24.3 Å². The van der Waals surface area contributed by atoms with Crippen LogP contribution in [-0.2, 0) is 16.1 Å². The highest BCUT2D eigenvalue weighted by Crippen LogP contribution is 2.26. The molecule has 0 bridgehead atoms. The number of benzene rings is 2. The lowest BCUT2D eigenvalue weighted by atomic mass is 9.94. The number of hydrogen-bond acceptors (Lipinski definition) is 4. The Hall–Kier alpha value is -3.55. The third-order valence-corrected chi connectivity index (χ3v) is 6.11. The number of anilines is 2. The number of nitrogens with zero attached hydrogens (tertiary/aromatic N) is 3. The number of rotatable bonds is 5. The molecule has 1 heterocycles. The van der Waals surface area contributed by atoms with Crippen LogP contribution >= 0.6 is 0 Å². The summed E-state index contributed by atoms with van der Waals surface area (Å²) in [6.07, 6.45) is 4.74. The Morgan fingerprint density at radius 3 is 2.58 bits per heavy atom. The van der Waals surface area contributed by atoms with Gasteiger partial charge in [-0.15, -0.1) is 0 Å². The number of para-hydroxylation sites is 2. The van der Waals surface area contributed by atoms with E-state index in [9.17, 15) is 18.8 Å². The molecule has 3 aromatic rings. The minimum Gasteiger partial charge on any atom is -0.324 e. The molecular weight excluding hydrogens is 423 g/mol. The number of halogens is 1. The van der Waals surface area contributed by atoms with Crippen molar-refractivity contribution in [2.75, 3.05) is 10.2 Å². The van der Waals surface area contributed by atoms with E-state index in [1.165, 1.54) is 34.6 Å². The zero-order chi connectivity index (χ0) is 23.5. The maximum Gasteiger partial charge on any atom is 0.294 e. The standard InChI is InChI=1S/C25H27FN4O3/c1-16-14-18(26)12-13-20(16)27-23(32)15-29-22-11-7-6-10-21(22)28-24(25(29)33)30(17(2)31)19-8-4-3-5-9-19/h6-7,10-14,19H,3-5,8-9,15H2,1-2H3,(H,27,32). The highest BCUT2D eigenvalue weighted by atomic mass is 19.1. The van der Waals surface area contributed by atoms with Crippen LogP contribution in [0.4, 0.5) is 15.9 Å². The molecule has 8 heteroatoms. The summed E-state index contributed by atoms with van der Waals surface area (Å²) in [6.45, 7) is 2.88. The van der Waals surface area contributed by atoms with Gasteiger partial charge in [0.2, 0.25) is 17.6 Å². The van der Waals surface area contributed by atoms with Gasteiger partial charge >= 0.3 is 0 Å². The second-order valence-electron chi connectivity index (χ2n) is 8.50. The van der Waals surface area contributed by atoms with Crippen LogP contribution in [0.3, 0.4) is 0 Å². The monoisotopic (exact) mass is 450 g/mol. The second-order valence-corrected chi connectivity index (χ2v) is 8.50. The zero-order valence-corrected chi connectivity index (χ0v) is 18.8. The Bertz CT molecular complexity index is 1260. The number of hydrogen-bond donors (Lipinski definition) is 1. The molecular formula is C25H27FN4O3. The fourth-order valence-electron chi connectivity index (χ4n) is 4.51. The summed E-state index contributed by atoms with van der Waals surface area (Å²) in [4.78, 5) is 45.1. The summed E-state index contributed by atoms with van der Waals surface area (Å²) in [6, 6.07) is 11.1. The van der Waals surface area contributed by atoms with E-state index in [0.717, 1.165) is 32.1 Å². The van der Waals surface area contributed by atoms with Gasteiger partial charge in [0.05, 0.1) is 11.0 Å². The summed E-state index contributed by atoms with van der Waals surface area (Å²) in [7, 11) is 0. The smallest absolute Gasteiger partial charge is 0.294 e.